The van der Waals surface area contributed by atoms with Crippen LogP contribution < -0.4 is 5.32 Å². The van der Waals surface area contributed by atoms with Gasteiger partial charge in [-0.3, -0.25) is 0 Å². The molecular formula is C11H21NO2. The van der Waals surface area contributed by atoms with E-state index in [2.05, 4.69) is 5.32 Å². The fourth-order valence-corrected chi connectivity index (χ4v) is 3.24. The molecule has 0 bridgehead atoms. The predicted molar refractivity (Wildman–Crippen MR) is 55.1 cm³/mol. The fourth-order valence-electron chi connectivity index (χ4n) is 3.24. The lowest BCUT2D eigenvalue weighted by Crippen LogP contribution is -2.40. The summed E-state index contributed by atoms with van der Waals surface area (Å²) < 4.78 is 5.52. The molecule has 1 heterocycles. The minimum atomic E-state index is 0.108. The van der Waals surface area contributed by atoms with Crippen LogP contribution >= 0.6 is 0 Å². The van der Waals surface area contributed by atoms with Gasteiger partial charge in [0.1, 0.15) is 0 Å². The molecule has 1 saturated heterocycles. The van der Waals surface area contributed by atoms with Crippen molar-refractivity contribution >= 4 is 0 Å². The van der Waals surface area contributed by atoms with Crippen LogP contribution in [0.5, 0.6) is 0 Å². The summed E-state index contributed by atoms with van der Waals surface area (Å²) in [5.74, 6) is 0.562. The Morgan fingerprint density at radius 1 is 1.50 bits per heavy atom. The number of methoxy groups -OCH3 is 1. The minimum Gasteiger partial charge on any atom is -0.396 e. The van der Waals surface area contributed by atoms with E-state index in [1.54, 1.807) is 7.11 Å². The fraction of sp³-hybridized carbons (Fsp3) is 1.00. The van der Waals surface area contributed by atoms with Crippen molar-refractivity contribution < 1.29 is 9.84 Å². The number of ether oxygens (including phenoxy) is 1. The van der Waals surface area contributed by atoms with Gasteiger partial charge in [0.05, 0.1) is 12.7 Å². The third kappa shape index (κ3) is 1.58. The molecule has 0 radical (unpaired) electrons. The highest BCUT2D eigenvalue weighted by atomic mass is 16.5. The molecule has 3 unspecified atom stereocenters. The predicted octanol–water partition coefficient (Wildman–Crippen LogP) is 0.773. The van der Waals surface area contributed by atoms with Crippen molar-refractivity contribution in [2.24, 2.45) is 11.3 Å². The molecule has 82 valence electrons. The van der Waals surface area contributed by atoms with Crippen LogP contribution in [0.4, 0.5) is 0 Å². The third-order valence-corrected chi connectivity index (χ3v) is 4.13. The van der Waals surface area contributed by atoms with Crippen LogP contribution in [0.25, 0.3) is 0 Å². The van der Waals surface area contributed by atoms with Gasteiger partial charge in [0.25, 0.3) is 0 Å². The molecule has 0 aromatic heterocycles. The average molecular weight is 199 g/mol. The Bertz CT molecular complexity index is 190. The lowest BCUT2D eigenvalue weighted by Gasteiger charge is -2.36. The first kappa shape index (κ1) is 10.4. The molecule has 0 amide bonds. The van der Waals surface area contributed by atoms with E-state index in [4.69, 9.17) is 4.74 Å². The van der Waals surface area contributed by atoms with Crippen molar-refractivity contribution in [3.63, 3.8) is 0 Å². The van der Waals surface area contributed by atoms with Crippen LogP contribution in [0.2, 0.25) is 0 Å². The number of rotatable bonds is 3. The largest absolute Gasteiger partial charge is 0.396 e. The molecule has 2 aliphatic rings. The van der Waals surface area contributed by atoms with E-state index >= 15 is 0 Å². The van der Waals surface area contributed by atoms with Gasteiger partial charge in [0, 0.05) is 19.1 Å². The lowest BCUT2D eigenvalue weighted by atomic mass is 9.73. The molecule has 0 aromatic rings. The second-order valence-corrected chi connectivity index (χ2v) is 4.76. The first-order valence-electron chi connectivity index (χ1n) is 5.67. The van der Waals surface area contributed by atoms with Crippen LogP contribution in [0, 0.1) is 11.3 Å². The number of hydrogen-bond acceptors (Lipinski definition) is 3. The van der Waals surface area contributed by atoms with Crippen molar-refractivity contribution in [1.82, 2.24) is 5.32 Å². The molecule has 3 heteroatoms. The van der Waals surface area contributed by atoms with Gasteiger partial charge in [-0.05, 0) is 31.7 Å². The number of aliphatic hydroxyl groups is 1. The number of aliphatic hydroxyl groups excluding tert-OH is 1. The zero-order valence-corrected chi connectivity index (χ0v) is 8.96. The summed E-state index contributed by atoms with van der Waals surface area (Å²) in [4.78, 5) is 0. The maximum Gasteiger partial charge on any atom is 0.0606 e. The second kappa shape index (κ2) is 4.17. The van der Waals surface area contributed by atoms with Gasteiger partial charge in [-0.1, -0.05) is 6.42 Å². The van der Waals surface area contributed by atoms with Gasteiger partial charge >= 0.3 is 0 Å². The molecule has 0 spiro atoms. The van der Waals surface area contributed by atoms with Crippen molar-refractivity contribution in [1.29, 1.82) is 0 Å². The molecular weight excluding hydrogens is 178 g/mol. The normalized spacial score (nSPS) is 43.3. The maximum absolute atomic E-state index is 9.59. The molecule has 2 N–H and O–H groups in total. The maximum atomic E-state index is 9.59. The van der Waals surface area contributed by atoms with Crippen molar-refractivity contribution in [2.75, 3.05) is 26.8 Å². The third-order valence-electron chi connectivity index (χ3n) is 4.13. The van der Waals surface area contributed by atoms with Crippen molar-refractivity contribution in [2.45, 2.75) is 31.8 Å². The quantitative estimate of drug-likeness (QED) is 0.705. The topological polar surface area (TPSA) is 41.5 Å². The second-order valence-electron chi connectivity index (χ2n) is 4.76. The molecule has 1 saturated carbocycles. The van der Waals surface area contributed by atoms with E-state index in [1.165, 1.54) is 19.3 Å². The van der Waals surface area contributed by atoms with Crippen LogP contribution in [0.1, 0.15) is 25.7 Å². The standard InChI is InChI=1S/C11H21NO2/c1-14-10-4-2-3-9(10)11(8-13)5-6-12-7-11/h9-10,12-13H,2-8H2,1H3. The smallest absolute Gasteiger partial charge is 0.0606 e. The van der Waals surface area contributed by atoms with E-state index in [1.807, 2.05) is 0 Å². The zero-order chi connectivity index (χ0) is 10.0. The van der Waals surface area contributed by atoms with E-state index in [9.17, 15) is 5.11 Å². The summed E-state index contributed by atoms with van der Waals surface area (Å²) >= 11 is 0. The molecule has 2 rings (SSSR count). The Kier molecular flexibility index (Phi) is 3.10. The van der Waals surface area contributed by atoms with Gasteiger partial charge < -0.3 is 15.2 Å². The number of hydrogen-bond donors (Lipinski definition) is 2. The van der Waals surface area contributed by atoms with Crippen LogP contribution in [-0.4, -0.2) is 38.0 Å². The van der Waals surface area contributed by atoms with Gasteiger partial charge in [-0.25, -0.2) is 0 Å². The van der Waals surface area contributed by atoms with E-state index in [0.29, 0.717) is 18.6 Å². The van der Waals surface area contributed by atoms with E-state index in [-0.39, 0.29) is 5.41 Å². The summed E-state index contributed by atoms with van der Waals surface area (Å²) in [5, 5.41) is 13.0. The summed E-state index contributed by atoms with van der Waals surface area (Å²) in [7, 11) is 1.80. The highest BCUT2D eigenvalue weighted by Gasteiger charge is 2.46. The van der Waals surface area contributed by atoms with Gasteiger partial charge in [0.15, 0.2) is 0 Å². The SMILES string of the molecule is COC1CCCC1C1(CO)CCNC1. The van der Waals surface area contributed by atoms with Gasteiger partial charge in [-0.2, -0.15) is 0 Å². The highest BCUT2D eigenvalue weighted by molar-refractivity contribution is 4.98. The number of nitrogens with one attached hydrogen (secondary N) is 1. The summed E-state index contributed by atoms with van der Waals surface area (Å²) in [6.07, 6.45) is 5.13. The molecule has 3 nitrogen and oxygen atoms in total. The van der Waals surface area contributed by atoms with Crippen molar-refractivity contribution in [3.8, 4) is 0 Å². The lowest BCUT2D eigenvalue weighted by molar-refractivity contribution is -0.0131. The first-order chi connectivity index (χ1) is 6.82. The van der Waals surface area contributed by atoms with Crippen LogP contribution in [0.15, 0.2) is 0 Å². The Balaban J connectivity index is 2.10. The van der Waals surface area contributed by atoms with Crippen LogP contribution in [-0.2, 0) is 4.74 Å². The molecule has 14 heavy (non-hydrogen) atoms. The molecule has 1 aliphatic carbocycles. The first-order valence-corrected chi connectivity index (χ1v) is 5.67. The monoisotopic (exact) mass is 199 g/mol. The molecule has 0 aromatic carbocycles. The molecule has 3 atom stereocenters. The van der Waals surface area contributed by atoms with Crippen molar-refractivity contribution in [3.05, 3.63) is 0 Å². The van der Waals surface area contributed by atoms with Crippen LogP contribution in [0.3, 0.4) is 0 Å². The molecule has 1 aliphatic heterocycles. The van der Waals surface area contributed by atoms with Gasteiger partial charge in [-0.15, -0.1) is 0 Å². The summed E-state index contributed by atoms with van der Waals surface area (Å²) in [5.41, 5.74) is 0.108. The van der Waals surface area contributed by atoms with Gasteiger partial charge in [0.2, 0.25) is 0 Å². The van der Waals surface area contributed by atoms with E-state index in [0.717, 1.165) is 19.5 Å². The average Bonchev–Trinajstić information content (AvgIpc) is 2.86. The zero-order valence-electron chi connectivity index (χ0n) is 8.96. The Hall–Kier alpha value is -0.120. The highest BCUT2D eigenvalue weighted by Crippen LogP contribution is 2.44. The Morgan fingerprint density at radius 2 is 2.36 bits per heavy atom. The summed E-state index contributed by atoms with van der Waals surface area (Å²) in [6, 6.07) is 0. The Morgan fingerprint density at radius 3 is 2.93 bits per heavy atom. The van der Waals surface area contributed by atoms with E-state index < -0.39 is 0 Å². The molecule has 2 fully saturated rings. The summed E-state index contributed by atoms with van der Waals surface area (Å²) in [6.45, 7) is 2.33. The Labute approximate surface area is 85.8 Å². The minimum absolute atomic E-state index is 0.108.